The first-order chi connectivity index (χ1) is 7.38. The minimum atomic E-state index is -1.89. The summed E-state index contributed by atoms with van der Waals surface area (Å²) in [6, 6.07) is 0. The lowest BCUT2D eigenvalue weighted by Gasteiger charge is -2.22. The molecule has 7 heteroatoms. The molecule has 4 nitrogen and oxygen atoms in total. The van der Waals surface area contributed by atoms with Crippen LogP contribution < -0.4 is 0 Å². The fraction of sp³-hybridized carbons (Fsp3) is 0.556. The number of esters is 1. The van der Waals surface area contributed by atoms with Gasteiger partial charge in [-0.05, 0) is 6.08 Å². The standard InChI is InChI=1S/C9H8Cl3NO3/c10-9(11,12)8(13)15-5-2-1-4-3-6(14)16-7(4)5/h1-2,4-5,7,13H,3H2/t4-,5+,7+/m0/s1. The number of rotatable bonds is 1. The molecule has 0 radical (unpaired) electrons. The number of nitrogens with one attached hydrogen (secondary N) is 1. The van der Waals surface area contributed by atoms with Crippen molar-refractivity contribution in [2.75, 3.05) is 0 Å². The molecule has 0 aromatic carbocycles. The van der Waals surface area contributed by atoms with E-state index in [1.165, 1.54) is 0 Å². The first kappa shape index (κ1) is 12.0. The normalized spacial score (nSPS) is 32.4. The quantitative estimate of drug-likeness (QED) is 0.264. The van der Waals surface area contributed by atoms with Gasteiger partial charge in [-0.3, -0.25) is 10.2 Å². The van der Waals surface area contributed by atoms with E-state index in [1.807, 2.05) is 6.08 Å². The fourth-order valence-corrected chi connectivity index (χ4v) is 1.89. The molecular weight excluding hydrogens is 276 g/mol. The number of hydrogen-bond donors (Lipinski definition) is 1. The van der Waals surface area contributed by atoms with Crippen molar-refractivity contribution in [2.45, 2.75) is 22.4 Å². The van der Waals surface area contributed by atoms with Gasteiger partial charge in [-0.2, -0.15) is 0 Å². The molecule has 1 fully saturated rings. The van der Waals surface area contributed by atoms with Crippen LogP contribution in [-0.4, -0.2) is 27.9 Å². The predicted molar refractivity (Wildman–Crippen MR) is 60.0 cm³/mol. The zero-order valence-electron chi connectivity index (χ0n) is 7.95. The summed E-state index contributed by atoms with van der Waals surface area (Å²) in [5, 5.41) is 7.41. The lowest BCUT2D eigenvalue weighted by atomic mass is 10.1. The van der Waals surface area contributed by atoms with Gasteiger partial charge in [-0.25, -0.2) is 0 Å². The van der Waals surface area contributed by atoms with Gasteiger partial charge in [-0.15, -0.1) is 0 Å². The van der Waals surface area contributed by atoms with Crippen LogP contribution in [0.25, 0.3) is 0 Å². The van der Waals surface area contributed by atoms with E-state index in [2.05, 4.69) is 0 Å². The van der Waals surface area contributed by atoms with Crippen LogP contribution in [0.15, 0.2) is 12.2 Å². The topological polar surface area (TPSA) is 59.4 Å². The molecule has 0 amide bonds. The van der Waals surface area contributed by atoms with Gasteiger partial charge in [0.2, 0.25) is 5.90 Å². The second-order valence-electron chi connectivity index (χ2n) is 3.62. The van der Waals surface area contributed by atoms with Crippen molar-refractivity contribution < 1.29 is 14.3 Å². The number of alkyl halides is 3. The minimum Gasteiger partial charge on any atom is -0.466 e. The summed E-state index contributed by atoms with van der Waals surface area (Å²) in [5.41, 5.74) is 0. The molecule has 1 aliphatic heterocycles. The van der Waals surface area contributed by atoms with E-state index >= 15 is 0 Å². The average molecular weight is 285 g/mol. The average Bonchev–Trinajstić information content (AvgIpc) is 2.65. The third kappa shape index (κ3) is 2.29. The SMILES string of the molecule is N=C(O[C@@H]1C=C[C@H]2CC(=O)O[C@H]21)C(Cl)(Cl)Cl. The van der Waals surface area contributed by atoms with Crippen molar-refractivity contribution in [3.05, 3.63) is 12.2 Å². The molecule has 3 atom stereocenters. The Morgan fingerprint density at radius 1 is 1.50 bits per heavy atom. The van der Waals surface area contributed by atoms with Gasteiger partial charge in [0.15, 0.2) is 6.10 Å². The molecule has 0 bridgehead atoms. The first-order valence-corrected chi connectivity index (χ1v) is 5.71. The molecule has 1 heterocycles. The Balaban J connectivity index is 2.00. The molecular formula is C9H8Cl3NO3. The lowest BCUT2D eigenvalue weighted by molar-refractivity contribution is -0.143. The minimum absolute atomic E-state index is 0.000626. The van der Waals surface area contributed by atoms with E-state index in [-0.39, 0.29) is 11.9 Å². The maximum Gasteiger partial charge on any atom is 0.306 e. The summed E-state index contributed by atoms with van der Waals surface area (Å²) in [7, 11) is 0. The number of carbonyl (C=O) groups excluding carboxylic acids is 1. The zero-order chi connectivity index (χ0) is 11.9. The van der Waals surface area contributed by atoms with Crippen LogP contribution >= 0.6 is 34.8 Å². The number of ether oxygens (including phenoxy) is 2. The summed E-state index contributed by atoms with van der Waals surface area (Å²) in [6.07, 6.45) is 2.93. The molecule has 0 aromatic rings. The number of carbonyl (C=O) groups is 1. The van der Waals surface area contributed by atoms with Gasteiger partial charge >= 0.3 is 5.97 Å². The maximum atomic E-state index is 11.0. The van der Waals surface area contributed by atoms with Gasteiger partial charge < -0.3 is 9.47 Å². The van der Waals surface area contributed by atoms with Crippen molar-refractivity contribution in [1.82, 2.24) is 0 Å². The Morgan fingerprint density at radius 3 is 2.81 bits per heavy atom. The summed E-state index contributed by atoms with van der Waals surface area (Å²) >= 11 is 16.4. The van der Waals surface area contributed by atoms with Gasteiger partial charge in [-0.1, -0.05) is 40.9 Å². The largest absolute Gasteiger partial charge is 0.466 e. The van der Waals surface area contributed by atoms with E-state index in [4.69, 9.17) is 49.7 Å². The Morgan fingerprint density at radius 2 is 2.19 bits per heavy atom. The van der Waals surface area contributed by atoms with Gasteiger partial charge in [0.25, 0.3) is 3.79 Å². The molecule has 16 heavy (non-hydrogen) atoms. The van der Waals surface area contributed by atoms with Gasteiger partial charge in [0.05, 0.1) is 6.42 Å². The Hall–Kier alpha value is -0.450. The zero-order valence-corrected chi connectivity index (χ0v) is 10.2. The summed E-state index contributed by atoms with van der Waals surface area (Å²) < 4.78 is 8.33. The second-order valence-corrected chi connectivity index (χ2v) is 5.90. The predicted octanol–water partition coefficient (Wildman–Crippen LogP) is 2.22. The second kappa shape index (κ2) is 4.09. The molecule has 0 saturated carbocycles. The van der Waals surface area contributed by atoms with Crippen LogP contribution in [0, 0.1) is 11.3 Å². The number of fused-ring (bicyclic) bond motifs is 1. The smallest absolute Gasteiger partial charge is 0.306 e. The lowest BCUT2D eigenvalue weighted by Crippen LogP contribution is -2.33. The molecule has 1 saturated heterocycles. The molecule has 88 valence electrons. The fourth-order valence-electron chi connectivity index (χ4n) is 1.76. The molecule has 0 aromatic heterocycles. The van der Waals surface area contributed by atoms with E-state index in [9.17, 15) is 4.79 Å². The van der Waals surface area contributed by atoms with Crippen LogP contribution in [0.1, 0.15) is 6.42 Å². The van der Waals surface area contributed by atoms with Crippen LogP contribution in [0.2, 0.25) is 0 Å². The van der Waals surface area contributed by atoms with Crippen molar-refractivity contribution >= 4 is 46.7 Å². The first-order valence-electron chi connectivity index (χ1n) is 4.58. The van der Waals surface area contributed by atoms with E-state index in [1.54, 1.807) is 6.08 Å². The number of hydrogen-bond acceptors (Lipinski definition) is 4. The highest BCUT2D eigenvalue weighted by Gasteiger charge is 2.44. The van der Waals surface area contributed by atoms with Crippen molar-refractivity contribution in [2.24, 2.45) is 5.92 Å². The maximum absolute atomic E-state index is 11.0. The number of halogens is 3. The van der Waals surface area contributed by atoms with Crippen molar-refractivity contribution in [3.8, 4) is 0 Å². The van der Waals surface area contributed by atoms with Gasteiger partial charge in [0.1, 0.15) is 6.10 Å². The molecule has 1 N–H and O–H groups in total. The van der Waals surface area contributed by atoms with E-state index < -0.39 is 21.9 Å². The molecule has 2 rings (SSSR count). The van der Waals surface area contributed by atoms with Crippen molar-refractivity contribution in [1.29, 1.82) is 5.41 Å². The van der Waals surface area contributed by atoms with E-state index in [0.29, 0.717) is 6.42 Å². The highest BCUT2D eigenvalue weighted by molar-refractivity contribution is 6.76. The summed E-state index contributed by atoms with van der Waals surface area (Å²) in [4.78, 5) is 11.0. The third-order valence-corrected chi connectivity index (χ3v) is 2.99. The van der Waals surface area contributed by atoms with E-state index in [0.717, 1.165) is 0 Å². The molecule has 2 aliphatic rings. The Labute approximate surface area is 107 Å². The Bertz CT molecular complexity index is 364. The summed E-state index contributed by atoms with van der Waals surface area (Å²) in [5.74, 6) is -0.746. The highest BCUT2D eigenvalue weighted by Crippen LogP contribution is 2.35. The Kier molecular flexibility index (Phi) is 3.07. The molecule has 0 unspecified atom stereocenters. The van der Waals surface area contributed by atoms with Crippen LogP contribution in [0.4, 0.5) is 0 Å². The molecule has 0 spiro atoms. The third-order valence-electron chi connectivity index (χ3n) is 2.48. The van der Waals surface area contributed by atoms with Crippen molar-refractivity contribution in [3.63, 3.8) is 0 Å². The van der Waals surface area contributed by atoms with Crippen LogP contribution in [0.3, 0.4) is 0 Å². The van der Waals surface area contributed by atoms with Gasteiger partial charge in [0, 0.05) is 5.92 Å². The van der Waals surface area contributed by atoms with Crippen LogP contribution in [-0.2, 0) is 14.3 Å². The van der Waals surface area contributed by atoms with Crippen LogP contribution in [0.5, 0.6) is 0 Å². The molecule has 1 aliphatic carbocycles. The monoisotopic (exact) mass is 283 g/mol. The highest BCUT2D eigenvalue weighted by atomic mass is 35.6. The summed E-state index contributed by atoms with van der Waals surface area (Å²) in [6.45, 7) is 0.